The van der Waals surface area contributed by atoms with E-state index in [1.807, 2.05) is 4.90 Å². The van der Waals surface area contributed by atoms with Crippen LogP contribution < -0.4 is 4.90 Å². The van der Waals surface area contributed by atoms with Crippen LogP contribution in [0.2, 0.25) is 0 Å². The van der Waals surface area contributed by atoms with E-state index in [1.54, 1.807) is 11.3 Å². The average Bonchev–Trinajstić information content (AvgIpc) is 3.41. The maximum atomic E-state index is 13.3. The second-order valence-electron chi connectivity index (χ2n) is 7.64. The Labute approximate surface area is 176 Å². The minimum atomic E-state index is 0.0829. The number of fused-ring (bicyclic) bond motifs is 1. The van der Waals surface area contributed by atoms with Gasteiger partial charge >= 0.3 is 0 Å². The molecule has 1 fully saturated rings. The number of hydrogen-bond donors (Lipinski definition) is 0. The van der Waals surface area contributed by atoms with Crippen molar-refractivity contribution in [3.63, 3.8) is 0 Å². The molecule has 0 N–H and O–H groups in total. The van der Waals surface area contributed by atoms with Crippen LogP contribution in [0.4, 0.5) is 5.13 Å². The molecule has 2 heterocycles. The number of benzene rings is 2. The van der Waals surface area contributed by atoms with E-state index in [2.05, 4.69) is 56.3 Å². The van der Waals surface area contributed by atoms with Crippen LogP contribution in [-0.2, 0) is 28.8 Å². The highest BCUT2D eigenvalue weighted by Gasteiger charge is 2.26. The van der Waals surface area contributed by atoms with Gasteiger partial charge in [-0.25, -0.2) is 4.98 Å². The summed E-state index contributed by atoms with van der Waals surface area (Å²) >= 11 is 1.60. The molecule has 1 atom stereocenters. The van der Waals surface area contributed by atoms with E-state index in [9.17, 15) is 4.79 Å². The summed E-state index contributed by atoms with van der Waals surface area (Å²) in [6.45, 7) is 5.65. The Kier molecular flexibility index (Phi) is 6.26. The third-order valence-electron chi connectivity index (χ3n) is 5.58. The lowest BCUT2D eigenvalue weighted by Crippen LogP contribution is -2.38. The molecule has 4 nitrogen and oxygen atoms in total. The fraction of sp³-hybridized carbons (Fsp3) is 0.417. The molecule has 1 aliphatic rings. The maximum absolute atomic E-state index is 13.3. The van der Waals surface area contributed by atoms with Crippen molar-refractivity contribution >= 4 is 32.6 Å². The Morgan fingerprint density at radius 3 is 2.52 bits per heavy atom. The van der Waals surface area contributed by atoms with Crippen molar-refractivity contribution in [3.8, 4) is 0 Å². The van der Waals surface area contributed by atoms with Crippen molar-refractivity contribution in [3.05, 3.63) is 59.2 Å². The number of nitrogens with zero attached hydrogens (tertiary/aromatic N) is 2. The summed E-state index contributed by atoms with van der Waals surface area (Å²) in [7, 11) is 0. The first kappa shape index (κ1) is 20.0. The number of thiazole rings is 1. The zero-order valence-electron chi connectivity index (χ0n) is 17.2. The maximum Gasteiger partial charge on any atom is 0.233 e. The van der Waals surface area contributed by atoms with Crippen LogP contribution in [0, 0.1) is 0 Å². The molecule has 152 valence electrons. The summed E-state index contributed by atoms with van der Waals surface area (Å²) in [4.78, 5) is 19.9. The van der Waals surface area contributed by atoms with Gasteiger partial charge in [0.1, 0.15) is 0 Å². The number of hydrogen-bond acceptors (Lipinski definition) is 4. The molecule has 0 spiro atoms. The molecule has 5 heteroatoms. The first-order valence-corrected chi connectivity index (χ1v) is 11.4. The highest BCUT2D eigenvalue weighted by atomic mass is 32.1. The van der Waals surface area contributed by atoms with E-state index < -0.39 is 0 Å². The molecule has 1 aliphatic heterocycles. The number of carbonyl (C=O) groups excluding carboxylic acids is 1. The molecular weight excluding hydrogens is 380 g/mol. The number of aryl methyl sites for hydroxylation is 2. The van der Waals surface area contributed by atoms with Crippen LogP contribution >= 0.6 is 11.3 Å². The Balaban J connectivity index is 1.60. The topological polar surface area (TPSA) is 42.4 Å². The molecule has 4 rings (SSSR count). The fourth-order valence-electron chi connectivity index (χ4n) is 3.73. The smallest absolute Gasteiger partial charge is 0.233 e. The molecule has 0 saturated carbocycles. The van der Waals surface area contributed by atoms with Crippen molar-refractivity contribution in [2.75, 3.05) is 18.1 Å². The monoisotopic (exact) mass is 408 g/mol. The van der Waals surface area contributed by atoms with E-state index in [4.69, 9.17) is 9.72 Å². The molecule has 0 radical (unpaired) electrons. The molecule has 1 unspecified atom stereocenters. The first-order valence-electron chi connectivity index (χ1n) is 10.6. The largest absolute Gasteiger partial charge is 0.376 e. The second-order valence-corrected chi connectivity index (χ2v) is 8.65. The summed E-state index contributed by atoms with van der Waals surface area (Å²) in [5, 5.41) is 0.777. The molecule has 1 amide bonds. The minimum absolute atomic E-state index is 0.0829. The molecule has 29 heavy (non-hydrogen) atoms. The van der Waals surface area contributed by atoms with Gasteiger partial charge in [0.05, 0.1) is 29.3 Å². The third-order valence-corrected chi connectivity index (χ3v) is 6.62. The summed E-state index contributed by atoms with van der Waals surface area (Å²) in [5.41, 5.74) is 4.58. The average molecular weight is 409 g/mol. The predicted molar refractivity (Wildman–Crippen MR) is 120 cm³/mol. The van der Waals surface area contributed by atoms with E-state index in [0.717, 1.165) is 53.2 Å². The van der Waals surface area contributed by atoms with Gasteiger partial charge in [-0.2, -0.15) is 0 Å². The summed E-state index contributed by atoms with van der Waals surface area (Å²) in [5.74, 6) is 0.0829. The Bertz CT molecular complexity index is 974. The molecule has 0 bridgehead atoms. The quantitative estimate of drug-likeness (QED) is 0.541. The fourth-order valence-corrected chi connectivity index (χ4v) is 4.79. The highest BCUT2D eigenvalue weighted by molar-refractivity contribution is 7.22. The lowest BCUT2D eigenvalue weighted by Gasteiger charge is -2.23. The van der Waals surface area contributed by atoms with Crippen molar-refractivity contribution in [1.29, 1.82) is 0 Å². The number of aromatic nitrogens is 1. The second kappa shape index (κ2) is 9.06. The van der Waals surface area contributed by atoms with Crippen LogP contribution in [-0.4, -0.2) is 30.1 Å². The number of rotatable bonds is 7. The van der Waals surface area contributed by atoms with Crippen molar-refractivity contribution in [1.82, 2.24) is 4.98 Å². The van der Waals surface area contributed by atoms with Gasteiger partial charge in [-0.15, -0.1) is 0 Å². The van der Waals surface area contributed by atoms with Gasteiger partial charge < -0.3 is 4.74 Å². The van der Waals surface area contributed by atoms with Gasteiger partial charge in [0, 0.05) is 6.61 Å². The molecule has 2 aromatic carbocycles. The van der Waals surface area contributed by atoms with Crippen molar-refractivity contribution in [2.45, 2.75) is 52.1 Å². The van der Waals surface area contributed by atoms with Gasteiger partial charge in [0.2, 0.25) is 5.91 Å². The van der Waals surface area contributed by atoms with E-state index >= 15 is 0 Å². The Morgan fingerprint density at radius 2 is 1.83 bits per heavy atom. The van der Waals surface area contributed by atoms with Crippen LogP contribution in [0.15, 0.2) is 42.5 Å². The van der Waals surface area contributed by atoms with Crippen LogP contribution in [0.3, 0.4) is 0 Å². The zero-order chi connectivity index (χ0) is 20.2. The summed E-state index contributed by atoms with van der Waals surface area (Å²) in [6.07, 6.45) is 4.54. The normalized spacial score (nSPS) is 16.4. The van der Waals surface area contributed by atoms with E-state index in [1.165, 1.54) is 11.1 Å². The predicted octanol–water partition coefficient (Wildman–Crippen LogP) is 5.18. The van der Waals surface area contributed by atoms with Crippen molar-refractivity contribution in [2.24, 2.45) is 0 Å². The zero-order valence-corrected chi connectivity index (χ0v) is 18.0. The van der Waals surface area contributed by atoms with Gasteiger partial charge in [0.25, 0.3) is 0 Å². The van der Waals surface area contributed by atoms with E-state index in [0.29, 0.717) is 13.0 Å². The number of amides is 1. The number of ether oxygens (including phenoxy) is 1. The van der Waals surface area contributed by atoms with Crippen LogP contribution in [0.5, 0.6) is 0 Å². The van der Waals surface area contributed by atoms with E-state index in [-0.39, 0.29) is 12.0 Å². The molecule has 3 aromatic rings. The number of anilines is 1. The lowest BCUT2D eigenvalue weighted by molar-refractivity contribution is -0.118. The molecule has 1 aromatic heterocycles. The van der Waals surface area contributed by atoms with Gasteiger partial charge in [0.15, 0.2) is 5.13 Å². The summed E-state index contributed by atoms with van der Waals surface area (Å²) in [6, 6.07) is 14.7. The van der Waals surface area contributed by atoms with Crippen LogP contribution in [0.25, 0.3) is 10.2 Å². The molecular formula is C24H28N2O2S. The lowest BCUT2D eigenvalue weighted by atomic mass is 10.1. The summed E-state index contributed by atoms with van der Waals surface area (Å²) < 4.78 is 6.97. The number of carbonyl (C=O) groups is 1. The van der Waals surface area contributed by atoms with Crippen molar-refractivity contribution < 1.29 is 9.53 Å². The molecule has 0 aliphatic carbocycles. The van der Waals surface area contributed by atoms with Gasteiger partial charge in [-0.1, -0.05) is 55.5 Å². The standard InChI is InChI=1S/C24H28N2O2S/c1-3-17-7-9-19(10-8-17)15-23(27)26(16-20-6-5-13-28-20)24-25-21-12-11-18(4-2)14-22(21)29-24/h7-12,14,20H,3-6,13,15-16H2,1-2H3. The van der Waals surface area contributed by atoms with Gasteiger partial charge in [-0.3, -0.25) is 9.69 Å². The Morgan fingerprint density at radius 1 is 1.10 bits per heavy atom. The first-order chi connectivity index (χ1) is 14.2. The van der Waals surface area contributed by atoms with Crippen LogP contribution in [0.1, 0.15) is 43.4 Å². The third kappa shape index (κ3) is 4.68. The molecule has 1 saturated heterocycles. The minimum Gasteiger partial charge on any atom is -0.376 e. The SMILES string of the molecule is CCc1ccc(CC(=O)N(CC2CCCO2)c2nc3ccc(CC)cc3s2)cc1. The highest BCUT2D eigenvalue weighted by Crippen LogP contribution is 2.31. The Hall–Kier alpha value is -2.24. The van der Waals surface area contributed by atoms with Gasteiger partial charge in [-0.05, 0) is 54.5 Å².